The van der Waals surface area contributed by atoms with Gasteiger partial charge >= 0.3 is 0 Å². The van der Waals surface area contributed by atoms with Crippen LogP contribution in [0.4, 0.5) is 0 Å². The third-order valence-corrected chi connectivity index (χ3v) is 4.65. The van der Waals surface area contributed by atoms with Gasteiger partial charge in [0.1, 0.15) is 5.65 Å². The van der Waals surface area contributed by atoms with Gasteiger partial charge < -0.3 is 10.6 Å². The molecule has 1 aliphatic rings. The molecule has 23 heavy (non-hydrogen) atoms. The Balaban J connectivity index is 1.68. The number of imidazole rings is 1. The Morgan fingerprint density at radius 2 is 2.00 bits per heavy atom. The van der Waals surface area contributed by atoms with E-state index in [9.17, 15) is 9.59 Å². The van der Waals surface area contributed by atoms with E-state index in [2.05, 4.69) is 15.6 Å². The predicted octanol–water partition coefficient (Wildman–Crippen LogP) is 2.02. The Morgan fingerprint density at radius 3 is 2.70 bits per heavy atom. The molecular formula is C16H19ClN4O2. The van der Waals surface area contributed by atoms with Gasteiger partial charge in [0, 0.05) is 25.2 Å². The Labute approximate surface area is 139 Å². The average molecular weight is 335 g/mol. The fourth-order valence-corrected chi connectivity index (χ4v) is 3.39. The normalized spacial score (nSPS) is 21.1. The van der Waals surface area contributed by atoms with Gasteiger partial charge in [0.2, 0.25) is 5.91 Å². The van der Waals surface area contributed by atoms with Crippen LogP contribution in [0.3, 0.4) is 0 Å². The first kappa shape index (κ1) is 15.8. The molecule has 0 spiro atoms. The maximum atomic E-state index is 12.5. The van der Waals surface area contributed by atoms with E-state index < -0.39 is 0 Å². The highest BCUT2D eigenvalue weighted by Gasteiger charge is 2.28. The lowest BCUT2D eigenvalue weighted by Crippen LogP contribution is -2.40. The lowest BCUT2D eigenvalue weighted by atomic mass is 9.85. The summed E-state index contributed by atoms with van der Waals surface area (Å²) in [5.41, 5.74) is 1.00. The quantitative estimate of drug-likeness (QED) is 0.901. The third kappa shape index (κ3) is 3.17. The van der Waals surface area contributed by atoms with E-state index >= 15 is 0 Å². The van der Waals surface area contributed by atoms with Crippen molar-refractivity contribution in [2.75, 3.05) is 7.05 Å². The van der Waals surface area contributed by atoms with Crippen molar-refractivity contribution in [1.29, 1.82) is 0 Å². The molecule has 0 aromatic carbocycles. The number of halogens is 1. The average Bonchev–Trinajstić information content (AvgIpc) is 2.90. The molecule has 1 aliphatic carbocycles. The van der Waals surface area contributed by atoms with Crippen LogP contribution in [-0.4, -0.2) is 34.3 Å². The van der Waals surface area contributed by atoms with Crippen LogP contribution >= 0.6 is 11.6 Å². The minimum absolute atomic E-state index is 0.0486. The predicted molar refractivity (Wildman–Crippen MR) is 87.5 cm³/mol. The molecule has 2 aromatic rings. The zero-order valence-corrected chi connectivity index (χ0v) is 13.6. The van der Waals surface area contributed by atoms with Gasteiger partial charge in [-0.1, -0.05) is 17.7 Å². The van der Waals surface area contributed by atoms with Gasteiger partial charge in [0.15, 0.2) is 10.8 Å². The minimum atomic E-state index is -0.225. The minimum Gasteiger partial charge on any atom is -0.359 e. The standard InChI is InChI=1S/C16H19ClN4O2/c1-18-15(22)10-5-7-11(8-6-10)19-16(23)13-14(17)20-12-4-2-3-9-21(12)13/h2-4,9-11H,5-8H2,1H3,(H,18,22)(H,19,23). The highest BCUT2D eigenvalue weighted by atomic mass is 35.5. The monoisotopic (exact) mass is 334 g/mol. The molecule has 0 atom stereocenters. The third-order valence-electron chi connectivity index (χ3n) is 4.38. The van der Waals surface area contributed by atoms with Gasteiger partial charge in [-0.05, 0) is 37.8 Å². The number of nitrogens with zero attached hydrogens (tertiary/aromatic N) is 2. The van der Waals surface area contributed by atoms with Gasteiger partial charge in [0.05, 0.1) is 0 Å². The second-order valence-electron chi connectivity index (χ2n) is 5.82. The lowest BCUT2D eigenvalue weighted by Gasteiger charge is -2.28. The molecule has 6 nitrogen and oxygen atoms in total. The second kappa shape index (κ2) is 6.58. The van der Waals surface area contributed by atoms with E-state index in [4.69, 9.17) is 11.6 Å². The molecular weight excluding hydrogens is 316 g/mol. The molecule has 0 radical (unpaired) electrons. The summed E-state index contributed by atoms with van der Waals surface area (Å²) in [6, 6.07) is 5.54. The number of carbonyl (C=O) groups excluding carboxylic acids is 2. The number of amides is 2. The molecule has 0 aliphatic heterocycles. The van der Waals surface area contributed by atoms with Crippen LogP contribution in [-0.2, 0) is 4.79 Å². The molecule has 2 N–H and O–H groups in total. The van der Waals surface area contributed by atoms with E-state index in [1.54, 1.807) is 23.7 Å². The Hall–Kier alpha value is -2.08. The summed E-state index contributed by atoms with van der Waals surface area (Å²) in [7, 11) is 1.66. The number of aromatic nitrogens is 2. The maximum Gasteiger partial charge on any atom is 0.271 e. The Morgan fingerprint density at radius 1 is 1.26 bits per heavy atom. The van der Waals surface area contributed by atoms with Crippen molar-refractivity contribution in [3.63, 3.8) is 0 Å². The molecule has 2 amide bonds. The zero-order valence-electron chi connectivity index (χ0n) is 12.9. The number of hydrogen-bond acceptors (Lipinski definition) is 3. The Kier molecular flexibility index (Phi) is 4.52. The first-order valence-corrected chi connectivity index (χ1v) is 8.13. The first-order chi connectivity index (χ1) is 11.1. The molecule has 122 valence electrons. The van der Waals surface area contributed by atoms with E-state index in [1.807, 2.05) is 12.1 Å². The summed E-state index contributed by atoms with van der Waals surface area (Å²) in [6.45, 7) is 0. The van der Waals surface area contributed by atoms with Crippen molar-refractivity contribution in [3.05, 3.63) is 35.2 Å². The highest BCUT2D eigenvalue weighted by molar-refractivity contribution is 6.32. The Bertz CT molecular complexity index is 735. The summed E-state index contributed by atoms with van der Waals surface area (Å²) in [6.07, 6.45) is 4.92. The first-order valence-electron chi connectivity index (χ1n) is 7.75. The smallest absolute Gasteiger partial charge is 0.271 e. The summed E-state index contributed by atoms with van der Waals surface area (Å²) < 4.78 is 1.69. The summed E-state index contributed by atoms with van der Waals surface area (Å²) in [5.74, 6) is -0.0933. The van der Waals surface area contributed by atoms with Crippen LogP contribution in [0.25, 0.3) is 5.65 Å². The van der Waals surface area contributed by atoms with E-state index in [1.165, 1.54) is 0 Å². The molecule has 7 heteroatoms. The molecule has 2 heterocycles. The van der Waals surface area contributed by atoms with Crippen molar-refractivity contribution in [3.8, 4) is 0 Å². The fourth-order valence-electron chi connectivity index (χ4n) is 3.13. The van der Waals surface area contributed by atoms with Gasteiger partial charge in [0.25, 0.3) is 5.91 Å². The molecule has 1 saturated carbocycles. The van der Waals surface area contributed by atoms with Crippen LogP contribution in [0.1, 0.15) is 36.2 Å². The largest absolute Gasteiger partial charge is 0.359 e. The zero-order chi connectivity index (χ0) is 16.4. The molecule has 1 fully saturated rings. The van der Waals surface area contributed by atoms with Crippen LogP contribution in [0.5, 0.6) is 0 Å². The van der Waals surface area contributed by atoms with Gasteiger partial charge in [-0.3, -0.25) is 14.0 Å². The second-order valence-corrected chi connectivity index (χ2v) is 6.17. The van der Waals surface area contributed by atoms with E-state index in [0.717, 1.165) is 25.7 Å². The number of pyridine rings is 1. The van der Waals surface area contributed by atoms with Crippen molar-refractivity contribution in [2.24, 2.45) is 5.92 Å². The van der Waals surface area contributed by atoms with E-state index in [0.29, 0.717) is 11.3 Å². The number of hydrogen-bond donors (Lipinski definition) is 2. The van der Waals surface area contributed by atoms with Gasteiger partial charge in [-0.15, -0.1) is 0 Å². The number of fused-ring (bicyclic) bond motifs is 1. The van der Waals surface area contributed by atoms with Crippen molar-refractivity contribution < 1.29 is 9.59 Å². The molecule has 0 unspecified atom stereocenters. The van der Waals surface area contributed by atoms with E-state index in [-0.39, 0.29) is 28.9 Å². The van der Waals surface area contributed by atoms with Crippen molar-refractivity contribution in [1.82, 2.24) is 20.0 Å². The maximum absolute atomic E-state index is 12.5. The molecule has 0 bridgehead atoms. The van der Waals surface area contributed by atoms with Crippen LogP contribution < -0.4 is 10.6 Å². The highest BCUT2D eigenvalue weighted by Crippen LogP contribution is 2.25. The van der Waals surface area contributed by atoms with Crippen molar-refractivity contribution in [2.45, 2.75) is 31.7 Å². The van der Waals surface area contributed by atoms with Crippen molar-refractivity contribution >= 4 is 29.1 Å². The van der Waals surface area contributed by atoms with Gasteiger partial charge in [-0.2, -0.15) is 0 Å². The van der Waals surface area contributed by atoms with Crippen LogP contribution in [0.15, 0.2) is 24.4 Å². The number of rotatable bonds is 3. The summed E-state index contributed by atoms with van der Waals surface area (Å²) >= 11 is 6.12. The number of carbonyl (C=O) groups is 2. The van der Waals surface area contributed by atoms with Gasteiger partial charge in [-0.25, -0.2) is 4.98 Å². The summed E-state index contributed by atoms with van der Waals surface area (Å²) in [4.78, 5) is 28.4. The molecule has 3 rings (SSSR count). The summed E-state index contributed by atoms with van der Waals surface area (Å²) in [5, 5.41) is 5.90. The fraction of sp³-hybridized carbons (Fsp3) is 0.438. The molecule has 2 aromatic heterocycles. The molecule has 0 saturated heterocycles. The SMILES string of the molecule is CNC(=O)C1CCC(NC(=O)c2c(Cl)nc3ccccn23)CC1. The van der Waals surface area contributed by atoms with Crippen LogP contribution in [0, 0.1) is 5.92 Å². The van der Waals surface area contributed by atoms with Crippen LogP contribution in [0.2, 0.25) is 5.15 Å². The number of nitrogens with one attached hydrogen (secondary N) is 2. The topological polar surface area (TPSA) is 75.5 Å². The lowest BCUT2D eigenvalue weighted by molar-refractivity contribution is -0.125.